The van der Waals surface area contributed by atoms with Crippen LogP contribution in [0.25, 0.3) is 0 Å². The molecule has 0 radical (unpaired) electrons. The average molecular weight is 283 g/mol. The van der Waals surface area contributed by atoms with E-state index in [2.05, 4.69) is 20.6 Å². The number of hydrogen-bond acceptors (Lipinski definition) is 8. The van der Waals surface area contributed by atoms with Crippen LogP contribution in [0.3, 0.4) is 0 Å². The normalized spacial score (nSPS) is 11.6. The van der Waals surface area contributed by atoms with E-state index in [-0.39, 0.29) is 24.1 Å². The lowest BCUT2D eigenvalue weighted by molar-refractivity contribution is -0.384. The van der Waals surface area contributed by atoms with Gasteiger partial charge in [0.15, 0.2) is 0 Å². The van der Waals surface area contributed by atoms with Crippen LogP contribution in [0.1, 0.15) is 20.8 Å². The fraction of sp³-hybridized carbons (Fsp3) is 0.545. The van der Waals surface area contributed by atoms with Crippen molar-refractivity contribution in [2.45, 2.75) is 26.8 Å². The number of aromatic nitrogens is 2. The van der Waals surface area contributed by atoms with Crippen LogP contribution in [0.2, 0.25) is 0 Å². The van der Waals surface area contributed by atoms with Crippen molar-refractivity contribution >= 4 is 23.4 Å². The summed E-state index contributed by atoms with van der Waals surface area (Å²) in [6, 6.07) is -0.752. The highest BCUT2D eigenvalue weighted by atomic mass is 16.6. The molecule has 0 aromatic carbocycles. The number of hydrogen-bond donors (Lipinski definition) is 2. The molecule has 0 aliphatic carbocycles. The molecule has 0 saturated heterocycles. The first-order valence-electron chi connectivity index (χ1n) is 6.18. The van der Waals surface area contributed by atoms with Crippen molar-refractivity contribution in [2.24, 2.45) is 0 Å². The molecule has 1 atom stereocenters. The zero-order chi connectivity index (χ0) is 15.1. The number of nitrogens with zero attached hydrogens (tertiary/aromatic N) is 3. The molecule has 0 amide bonds. The fourth-order valence-electron chi connectivity index (χ4n) is 1.39. The lowest BCUT2D eigenvalue weighted by atomic mass is 10.3. The second kappa shape index (κ2) is 7.22. The van der Waals surface area contributed by atoms with E-state index >= 15 is 0 Å². The zero-order valence-corrected chi connectivity index (χ0v) is 11.5. The van der Waals surface area contributed by atoms with Gasteiger partial charge in [-0.15, -0.1) is 0 Å². The molecule has 110 valence electrons. The van der Waals surface area contributed by atoms with Gasteiger partial charge in [-0.05, 0) is 20.8 Å². The number of esters is 1. The standard InChI is InChI=1S/C11H17N5O4/c1-4-12-11-13-6-8(16(18)19)9(15-11)14-7(3)10(17)20-5-2/h6-7H,4-5H2,1-3H3,(H2,12,13,14,15). The van der Waals surface area contributed by atoms with Crippen LogP contribution in [-0.2, 0) is 9.53 Å². The minimum Gasteiger partial charge on any atom is -0.464 e. The molecule has 0 aliphatic heterocycles. The Morgan fingerprint density at radius 1 is 1.55 bits per heavy atom. The third kappa shape index (κ3) is 4.04. The molecule has 1 unspecified atom stereocenters. The Morgan fingerprint density at radius 3 is 2.80 bits per heavy atom. The summed E-state index contributed by atoms with van der Waals surface area (Å²) in [6.45, 7) is 5.88. The smallest absolute Gasteiger partial charge is 0.329 e. The van der Waals surface area contributed by atoms with E-state index in [1.165, 1.54) is 6.92 Å². The van der Waals surface area contributed by atoms with Gasteiger partial charge in [-0.2, -0.15) is 4.98 Å². The van der Waals surface area contributed by atoms with Gasteiger partial charge in [-0.25, -0.2) is 9.78 Å². The first-order chi connectivity index (χ1) is 9.49. The van der Waals surface area contributed by atoms with E-state index in [4.69, 9.17) is 4.74 Å². The number of nitrogens with one attached hydrogen (secondary N) is 2. The lowest BCUT2D eigenvalue weighted by Gasteiger charge is -2.13. The second-order valence-electron chi connectivity index (χ2n) is 3.83. The molecule has 1 aromatic heterocycles. The Balaban J connectivity index is 2.97. The Bertz CT molecular complexity index is 494. The van der Waals surface area contributed by atoms with Gasteiger partial charge in [0.1, 0.15) is 12.2 Å². The predicted octanol–water partition coefficient (Wildman–Crippen LogP) is 1.18. The van der Waals surface area contributed by atoms with E-state index in [0.29, 0.717) is 6.54 Å². The maximum absolute atomic E-state index is 11.5. The number of nitro groups is 1. The molecule has 0 spiro atoms. The molecule has 9 nitrogen and oxygen atoms in total. The summed E-state index contributed by atoms with van der Waals surface area (Å²) < 4.78 is 4.82. The third-order valence-corrected chi connectivity index (χ3v) is 2.29. The molecule has 0 fully saturated rings. The molecular weight excluding hydrogens is 266 g/mol. The minimum atomic E-state index is -0.752. The number of carbonyl (C=O) groups excluding carboxylic acids is 1. The van der Waals surface area contributed by atoms with Gasteiger partial charge < -0.3 is 15.4 Å². The molecule has 1 aromatic rings. The van der Waals surface area contributed by atoms with Crippen molar-refractivity contribution < 1.29 is 14.5 Å². The summed E-state index contributed by atoms with van der Waals surface area (Å²) in [5.74, 6) is -0.288. The highest BCUT2D eigenvalue weighted by Gasteiger charge is 2.22. The predicted molar refractivity (Wildman–Crippen MR) is 72.6 cm³/mol. The molecule has 9 heteroatoms. The molecule has 0 saturated carbocycles. The van der Waals surface area contributed by atoms with Crippen molar-refractivity contribution in [3.8, 4) is 0 Å². The topological polar surface area (TPSA) is 119 Å². The Kier molecular flexibility index (Phi) is 5.63. The SMILES string of the molecule is CCNc1ncc([N+](=O)[O-])c(NC(C)C(=O)OCC)n1. The molecule has 2 N–H and O–H groups in total. The number of anilines is 2. The quantitative estimate of drug-likeness (QED) is 0.435. The van der Waals surface area contributed by atoms with E-state index < -0.39 is 16.9 Å². The van der Waals surface area contributed by atoms with Crippen LogP contribution < -0.4 is 10.6 Å². The van der Waals surface area contributed by atoms with Crippen LogP contribution in [0, 0.1) is 10.1 Å². The Labute approximate surface area is 115 Å². The van der Waals surface area contributed by atoms with Gasteiger partial charge >= 0.3 is 11.7 Å². The van der Waals surface area contributed by atoms with Gasteiger partial charge in [-0.1, -0.05) is 0 Å². The summed E-state index contributed by atoms with van der Waals surface area (Å²) in [5, 5.41) is 16.4. The van der Waals surface area contributed by atoms with Crippen molar-refractivity contribution in [2.75, 3.05) is 23.8 Å². The van der Waals surface area contributed by atoms with Crippen LogP contribution >= 0.6 is 0 Å². The Morgan fingerprint density at radius 2 is 2.25 bits per heavy atom. The largest absolute Gasteiger partial charge is 0.464 e. The van der Waals surface area contributed by atoms with Gasteiger partial charge in [0.2, 0.25) is 11.8 Å². The molecule has 0 aliphatic rings. The van der Waals surface area contributed by atoms with E-state index in [9.17, 15) is 14.9 Å². The maximum atomic E-state index is 11.5. The average Bonchev–Trinajstić information content (AvgIpc) is 2.39. The highest BCUT2D eigenvalue weighted by molar-refractivity contribution is 5.79. The van der Waals surface area contributed by atoms with Gasteiger partial charge in [0.25, 0.3) is 0 Å². The van der Waals surface area contributed by atoms with Crippen LogP contribution in [-0.4, -0.2) is 40.1 Å². The molecule has 0 bridgehead atoms. The van der Waals surface area contributed by atoms with Crippen LogP contribution in [0.5, 0.6) is 0 Å². The highest BCUT2D eigenvalue weighted by Crippen LogP contribution is 2.22. The zero-order valence-electron chi connectivity index (χ0n) is 11.5. The van der Waals surface area contributed by atoms with Gasteiger partial charge in [0.05, 0.1) is 11.5 Å². The number of rotatable bonds is 7. The first kappa shape index (κ1) is 15.6. The minimum absolute atomic E-state index is 0.0264. The molecule has 1 rings (SSSR count). The lowest BCUT2D eigenvalue weighted by Crippen LogP contribution is -2.29. The van der Waals surface area contributed by atoms with Gasteiger partial charge in [-0.3, -0.25) is 10.1 Å². The van der Waals surface area contributed by atoms with Crippen molar-refractivity contribution in [3.63, 3.8) is 0 Å². The van der Waals surface area contributed by atoms with Crippen molar-refractivity contribution in [3.05, 3.63) is 16.3 Å². The summed E-state index contributed by atoms with van der Waals surface area (Å²) in [6.07, 6.45) is 1.09. The van der Waals surface area contributed by atoms with Crippen molar-refractivity contribution in [1.29, 1.82) is 0 Å². The molecule has 1 heterocycles. The first-order valence-corrected chi connectivity index (χ1v) is 6.18. The second-order valence-corrected chi connectivity index (χ2v) is 3.83. The summed E-state index contributed by atoms with van der Waals surface area (Å²) in [4.78, 5) is 29.6. The summed E-state index contributed by atoms with van der Waals surface area (Å²) >= 11 is 0. The van der Waals surface area contributed by atoms with Crippen molar-refractivity contribution in [1.82, 2.24) is 9.97 Å². The summed E-state index contributed by atoms with van der Waals surface area (Å²) in [5.41, 5.74) is -0.303. The molecule has 20 heavy (non-hydrogen) atoms. The fourth-order valence-corrected chi connectivity index (χ4v) is 1.39. The monoisotopic (exact) mass is 283 g/mol. The van der Waals surface area contributed by atoms with E-state index in [1.54, 1.807) is 6.92 Å². The van der Waals surface area contributed by atoms with E-state index in [0.717, 1.165) is 6.20 Å². The number of ether oxygens (including phenoxy) is 1. The van der Waals surface area contributed by atoms with E-state index in [1.807, 2.05) is 6.92 Å². The van der Waals surface area contributed by atoms with Crippen LogP contribution in [0.15, 0.2) is 6.20 Å². The third-order valence-electron chi connectivity index (χ3n) is 2.29. The molecular formula is C11H17N5O4. The number of carbonyl (C=O) groups is 1. The van der Waals surface area contributed by atoms with Crippen LogP contribution in [0.4, 0.5) is 17.5 Å². The maximum Gasteiger partial charge on any atom is 0.329 e. The van der Waals surface area contributed by atoms with Gasteiger partial charge in [0, 0.05) is 6.54 Å². The summed E-state index contributed by atoms with van der Waals surface area (Å²) in [7, 11) is 0. The Hall–Kier alpha value is -2.45.